The molecule has 0 nitrogen and oxygen atoms in total. The van der Waals surface area contributed by atoms with Gasteiger partial charge in [0.2, 0.25) is 0 Å². The van der Waals surface area contributed by atoms with Crippen LogP contribution in [0.2, 0.25) is 0 Å². The van der Waals surface area contributed by atoms with Crippen molar-refractivity contribution in [3.05, 3.63) is 44.6 Å². The Labute approximate surface area is 105 Å². The summed E-state index contributed by atoms with van der Waals surface area (Å²) in [6, 6.07) is 0. The molecule has 0 fully saturated rings. The van der Waals surface area contributed by atoms with E-state index in [-0.39, 0.29) is 0 Å². The molecule has 3 rings (SSSR count). The van der Waals surface area contributed by atoms with E-state index in [1.54, 1.807) is 44.6 Å². The monoisotopic (exact) mass is 226 g/mol. The van der Waals surface area contributed by atoms with Crippen molar-refractivity contribution in [3.8, 4) is 0 Å². The van der Waals surface area contributed by atoms with Gasteiger partial charge >= 0.3 is 0 Å². The largest absolute Gasteiger partial charge is 0.0660 e. The highest BCUT2D eigenvalue weighted by Gasteiger charge is 2.27. The first-order valence-electron chi connectivity index (χ1n) is 6.83. The Kier molecular flexibility index (Phi) is 2.43. The van der Waals surface area contributed by atoms with Gasteiger partial charge < -0.3 is 0 Å². The van der Waals surface area contributed by atoms with E-state index in [0.29, 0.717) is 0 Å². The summed E-state index contributed by atoms with van der Waals surface area (Å²) < 4.78 is 0. The van der Waals surface area contributed by atoms with Crippen LogP contribution in [0.25, 0.3) is 0 Å². The van der Waals surface area contributed by atoms with Crippen molar-refractivity contribution >= 4 is 0 Å². The predicted octanol–water partition coefficient (Wildman–Crippen LogP) is 5.24. The molecule has 17 heavy (non-hydrogen) atoms. The molecule has 0 aromatic rings. The van der Waals surface area contributed by atoms with E-state index in [1.165, 1.54) is 32.1 Å². The average Bonchev–Trinajstić information content (AvgIpc) is 2.64. The highest BCUT2D eigenvalue weighted by atomic mass is 14.3. The molecule has 0 heterocycles. The zero-order chi connectivity index (χ0) is 12.2. The van der Waals surface area contributed by atoms with Crippen LogP contribution in [0.4, 0.5) is 0 Å². The molecule has 90 valence electrons. The van der Waals surface area contributed by atoms with Gasteiger partial charge in [-0.15, -0.1) is 0 Å². The lowest BCUT2D eigenvalue weighted by Gasteiger charge is -2.10. The molecule has 0 bridgehead atoms. The van der Waals surface area contributed by atoms with E-state index in [0.717, 1.165) is 0 Å². The van der Waals surface area contributed by atoms with Crippen LogP contribution in [-0.4, -0.2) is 0 Å². The fraction of sp³-hybridized carbons (Fsp3) is 0.529. The number of allylic oxidation sites excluding steroid dienone is 8. The van der Waals surface area contributed by atoms with Crippen LogP contribution in [0, 0.1) is 0 Å². The molecule has 0 radical (unpaired) electrons. The van der Waals surface area contributed by atoms with Crippen LogP contribution in [0.5, 0.6) is 0 Å². The summed E-state index contributed by atoms with van der Waals surface area (Å²) in [6.45, 7) is 9.26. The lowest BCUT2D eigenvalue weighted by molar-refractivity contribution is 0.870. The van der Waals surface area contributed by atoms with Gasteiger partial charge in [-0.1, -0.05) is 22.3 Å². The van der Waals surface area contributed by atoms with E-state index < -0.39 is 0 Å². The smallest absolute Gasteiger partial charge is 0.00212 e. The van der Waals surface area contributed by atoms with Crippen LogP contribution in [0.3, 0.4) is 0 Å². The summed E-state index contributed by atoms with van der Waals surface area (Å²) in [5.74, 6) is 0. The van der Waals surface area contributed by atoms with Crippen LogP contribution in [0.1, 0.15) is 59.8 Å². The zero-order valence-electron chi connectivity index (χ0n) is 11.5. The second-order valence-corrected chi connectivity index (χ2v) is 6.01. The third-order valence-electron chi connectivity index (χ3n) is 5.08. The molecule has 0 unspecified atom stereocenters. The molecule has 3 aliphatic rings. The quantitative estimate of drug-likeness (QED) is 0.529. The lowest BCUT2D eigenvalue weighted by Crippen LogP contribution is -1.91. The van der Waals surface area contributed by atoms with Gasteiger partial charge in [0.05, 0.1) is 0 Å². The van der Waals surface area contributed by atoms with E-state index in [4.69, 9.17) is 0 Å². The van der Waals surface area contributed by atoms with E-state index >= 15 is 0 Å². The van der Waals surface area contributed by atoms with Gasteiger partial charge in [-0.05, 0) is 82.1 Å². The summed E-state index contributed by atoms with van der Waals surface area (Å²) in [4.78, 5) is 0. The van der Waals surface area contributed by atoms with Gasteiger partial charge in [-0.25, -0.2) is 0 Å². The lowest BCUT2D eigenvalue weighted by atomic mass is 9.95. The van der Waals surface area contributed by atoms with Gasteiger partial charge in [0.1, 0.15) is 0 Å². The summed E-state index contributed by atoms with van der Waals surface area (Å²) >= 11 is 0. The molecule has 0 amide bonds. The maximum absolute atomic E-state index is 2.32. The minimum atomic E-state index is 1.22. The first-order chi connectivity index (χ1) is 8.08. The Balaban J connectivity index is 2.00. The minimum absolute atomic E-state index is 1.22. The van der Waals surface area contributed by atoms with E-state index in [2.05, 4.69) is 27.7 Å². The molecule has 0 heteroatoms. The van der Waals surface area contributed by atoms with Gasteiger partial charge in [0.15, 0.2) is 0 Å². The maximum Gasteiger partial charge on any atom is -0.00212 e. The van der Waals surface area contributed by atoms with Crippen molar-refractivity contribution < 1.29 is 0 Å². The molecule has 0 atom stereocenters. The Bertz CT molecular complexity index is 470. The standard InChI is InChI=1S/C17H22/c1-10-7-14-5-6-15-8-11(2)13(4)17(15)9-16(14)12(10)3/h5-9H2,1-4H3. The Morgan fingerprint density at radius 1 is 0.588 bits per heavy atom. The van der Waals surface area contributed by atoms with Crippen molar-refractivity contribution in [2.45, 2.75) is 59.8 Å². The van der Waals surface area contributed by atoms with Crippen LogP contribution in [0.15, 0.2) is 44.6 Å². The van der Waals surface area contributed by atoms with E-state index in [1.807, 2.05) is 0 Å². The second kappa shape index (κ2) is 3.73. The molecular weight excluding hydrogens is 204 g/mol. The molecular formula is C17H22. The summed E-state index contributed by atoms with van der Waals surface area (Å²) in [7, 11) is 0. The third kappa shape index (κ3) is 1.57. The highest BCUT2D eigenvalue weighted by molar-refractivity contribution is 5.55. The molecule has 0 aromatic carbocycles. The molecule has 0 saturated heterocycles. The van der Waals surface area contributed by atoms with Crippen LogP contribution < -0.4 is 0 Å². The summed E-state index contributed by atoms with van der Waals surface area (Å²) in [5.41, 5.74) is 13.2. The zero-order valence-corrected chi connectivity index (χ0v) is 11.5. The third-order valence-corrected chi connectivity index (χ3v) is 5.08. The topological polar surface area (TPSA) is 0 Å². The molecule has 0 spiro atoms. The van der Waals surface area contributed by atoms with Crippen LogP contribution >= 0.6 is 0 Å². The van der Waals surface area contributed by atoms with Gasteiger partial charge in [-0.3, -0.25) is 0 Å². The molecule has 0 aromatic heterocycles. The maximum atomic E-state index is 2.32. The Hall–Kier alpha value is -1.04. The number of hydrogen-bond acceptors (Lipinski definition) is 0. The van der Waals surface area contributed by atoms with Crippen molar-refractivity contribution in [1.29, 1.82) is 0 Å². The first kappa shape index (κ1) is 11.1. The number of rotatable bonds is 0. The molecule has 0 saturated carbocycles. The predicted molar refractivity (Wildman–Crippen MR) is 73.9 cm³/mol. The fourth-order valence-corrected chi connectivity index (χ4v) is 3.64. The second-order valence-electron chi connectivity index (χ2n) is 6.01. The van der Waals surface area contributed by atoms with Crippen molar-refractivity contribution in [1.82, 2.24) is 0 Å². The first-order valence-corrected chi connectivity index (χ1v) is 6.83. The highest BCUT2D eigenvalue weighted by Crippen LogP contribution is 2.46. The minimum Gasteiger partial charge on any atom is -0.0660 e. The van der Waals surface area contributed by atoms with Crippen molar-refractivity contribution in [2.75, 3.05) is 0 Å². The molecule has 0 N–H and O–H groups in total. The summed E-state index contributed by atoms with van der Waals surface area (Å²) in [6.07, 6.45) is 6.34. The Morgan fingerprint density at radius 3 is 1.41 bits per heavy atom. The van der Waals surface area contributed by atoms with Crippen molar-refractivity contribution in [2.24, 2.45) is 0 Å². The van der Waals surface area contributed by atoms with Crippen LogP contribution in [-0.2, 0) is 0 Å². The van der Waals surface area contributed by atoms with Gasteiger partial charge in [0, 0.05) is 0 Å². The summed E-state index contributed by atoms with van der Waals surface area (Å²) in [5, 5.41) is 0. The van der Waals surface area contributed by atoms with Gasteiger partial charge in [0.25, 0.3) is 0 Å². The van der Waals surface area contributed by atoms with Gasteiger partial charge in [-0.2, -0.15) is 0 Å². The fourth-order valence-electron chi connectivity index (χ4n) is 3.64. The average molecular weight is 226 g/mol. The van der Waals surface area contributed by atoms with E-state index in [9.17, 15) is 0 Å². The van der Waals surface area contributed by atoms with Crippen molar-refractivity contribution in [3.63, 3.8) is 0 Å². The number of hydrogen-bond donors (Lipinski definition) is 0. The molecule has 3 aliphatic carbocycles. The SMILES string of the molecule is CC1=C(C)C2=C(CCC3=C(C2)C(C)=C(C)C3)C1. The normalized spacial score (nSPS) is 24.7. The Morgan fingerprint density at radius 2 is 1.00 bits per heavy atom. The molecule has 0 aliphatic heterocycles.